The molecular formula is C15H15ClFN3O3S. The van der Waals surface area contributed by atoms with E-state index in [-0.39, 0.29) is 15.9 Å². The van der Waals surface area contributed by atoms with Crippen LogP contribution in [0.5, 0.6) is 0 Å². The Hall–Kier alpha value is -1.77. The Kier molecular flexibility index (Phi) is 4.98. The lowest BCUT2D eigenvalue weighted by atomic mass is 10.3. The van der Waals surface area contributed by atoms with Crippen LogP contribution in [0.25, 0.3) is 0 Å². The first-order chi connectivity index (χ1) is 11.5. The van der Waals surface area contributed by atoms with Crippen molar-refractivity contribution in [2.75, 3.05) is 31.2 Å². The second-order valence-corrected chi connectivity index (χ2v) is 7.57. The van der Waals surface area contributed by atoms with Crippen LogP contribution in [0, 0.1) is 5.82 Å². The van der Waals surface area contributed by atoms with Gasteiger partial charge in [-0.2, -0.15) is 0 Å². The Morgan fingerprint density at radius 2 is 1.92 bits per heavy atom. The molecule has 0 N–H and O–H groups in total. The number of benzene rings is 1. The van der Waals surface area contributed by atoms with Gasteiger partial charge >= 0.3 is 0 Å². The number of anilines is 1. The molecule has 1 saturated heterocycles. The molecule has 2 aromatic rings. The molecule has 1 aromatic carbocycles. The first kappa shape index (κ1) is 17.1. The molecule has 9 heteroatoms. The Morgan fingerprint density at radius 3 is 2.62 bits per heavy atom. The highest BCUT2D eigenvalue weighted by molar-refractivity contribution is 7.90. The number of morpholine rings is 1. The van der Waals surface area contributed by atoms with Crippen LogP contribution in [-0.2, 0) is 20.3 Å². The first-order valence-corrected chi connectivity index (χ1v) is 9.32. The summed E-state index contributed by atoms with van der Waals surface area (Å²) in [4.78, 5) is 9.68. The predicted molar refractivity (Wildman–Crippen MR) is 87.4 cm³/mol. The van der Waals surface area contributed by atoms with Gasteiger partial charge in [-0.25, -0.2) is 22.8 Å². The van der Waals surface area contributed by atoms with E-state index in [1.807, 2.05) is 4.90 Å². The average molecular weight is 372 g/mol. The SMILES string of the molecule is O=S(=O)(Cc1cc(N2CCOCC2)nc(Cl)n1)c1ccccc1F. The van der Waals surface area contributed by atoms with Crippen LogP contribution in [0.4, 0.5) is 10.2 Å². The standard InChI is InChI=1S/C15H15ClFN3O3S/c16-15-18-11(9-14(19-15)20-5-7-23-8-6-20)10-24(21,22)13-4-2-1-3-12(13)17/h1-4,9H,5-8,10H2. The molecule has 0 radical (unpaired) electrons. The maximum Gasteiger partial charge on any atom is 0.224 e. The van der Waals surface area contributed by atoms with Gasteiger partial charge in [0.2, 0.25) is 5.28 Å². The van der Waals surface area contributed by atoms with Crippen molar-refractivity contribution in [1.82, 2.24) is 9.97 Å². The second-order valence-electron chi connectivity index (χ2n) is 5.28. The van der Waals surface area contributed by atoms with Gasteiger partial charge in [-0.1, -0.05) is 12.1 Å². The second kappa shape index (κ2) is 7.00. The van der Waals surface area contributed by atoms with Crippen LogP contribution in [0.2, 0.25) is 5.28 Å². The smallest absolute Gasteiger partial charge is 0.224 e. The van der Waals surface area contributed by atoms with E-state index in [0.717, 1.165) is 6.07 Å². The van der Waals surface area contributed by atoms with Gasteiger partial charge in [0.1, 0.15) is 16.5 Å². The fourth-order valence-electron chi connectivity index (χ4n) is 2.45. The van der Waals surface area contributed by atoms with Crippen LogP contribution >= 0.6 is 11.6 Å². The summed E-state index contributed by atoms with van der Waals surface area (Å²) < 4.78 is 43.9. The van der Waals surface area contributed by atoms with E-state index >= 15 is 0 Å². The third-order valence-electron chi connectivity index (χ3n) is 3.58. The summed E-state index contributed by atoms with van der Waals surface area (Å²) in [5.74, 6) is -0.698. The summed E-state index contributed by atoms with van der Waals surface area (Å²) >= 11 is 5.93. The summed E-state index contributed by atoms with van der Waals surface area (Å²) in [7, 11) is -3.88. The lowest BCUT2D eigenvalue weighted by molar-refractivity contribution is 0.122. The molecule has 0 saturated carbocycles. The van der Waals surface area contributed by atoms with Gasteiger partial charge in [0.15, 0.2) is 9.84 Å². The van der Waals surface area contributed by atoms with Crippen LogP contribution in [0.1, 0.15) is 5.69 Å². The molecule has 0 aliphatic carbocycles. The first-order valence-electron chi connectivity index (χ1n) is 7.29. The van der Waals surface area contributed by atoms with Crippen molar-refractivity contribution in [2.45, 2.75) is 10.6 Å². The van der Waals surface area contributed by atoms with Crippen LogP contribution in [0.15, 0.2) is 35.2 Å². The maximum absolute atomic E-state index is 13.8. The lowest BCUT2D eigenvalue weighted by Gasteiger charge is -2.28. The molecule has 1 aromatic heterocycles. The largest absolute Gasteiger partial charge is 0.378 e. The molecule has 2 heterocycles. The minimum atomic E-state index is -3.88. The Balaban J connectivity index is 1.89. The van der Waals surface area contributed by atoms with Gasteiger partial charge in [0, 0.05) is 19.2 Å². The third kappa shape index (κ3) is 3.82. The summed E-state index contributed by atoms with van der Waals surface area (Å²) in [6.45, 7) is 2.38. The molecule has 24 heavy (non-hydrogen) atoms. The average Bonchev–Trinajstić information content (AvgIpc) is 2.55. The predicted octanol–water partition coefficient (Wildman–Crippen LogP) is 2.08. The zero-order valence-electron chi connectivity index (χ0n) is 12.7. The fraction of sp³-hybridized carbons (Fsp3) is 0.333. The normalized spacial score (nSPS) is 15.5. The highest BCUT2D eigenvalue weighted by Crippen LogP contribution is 2.22. The molecule has 0 atom stereocenters. The van der Waals surface area contributed by atoms with Crippen LogP contribution in [-0.4, -0.2) is 44.7 Å². The van der Waals surface area contributed by atoms with Gasteiger partial charge in [0.05, 0.1) is 24.7 Å². The number of ether oxygens (including phenoxy) is 1. The van der Waals surface area contributed by atoms with Gasteiger partial charge in [-0.15, -0.1) is 0 Å². The molecule has 0 spiro atoms. The number of hydrogen-bond acceptors (Lipinski definition) is 6. The van der Waals surface area contributed by atoms with Crippen molar-refractivity contribution in [3.8, 4) is 0 Å². The van der Waals surface area contributed by atoms with E-state index in [1.54, 1.807) is 6.07 Å². The quantitative estimate of drug-likeness (QED) is 0.766. The molecule has 1 fully saturated rings. The summed E-state index contributed by atoms with van der Waals surface area (Å²) in [5, 5.41) is -0.0438. The minimum Gasteiger partial charge on any atom is -0.378 e. The zero-order valence-corrected chi connectivity index (χ0v) is 14.2. The van der Waals surface area contributed by atoms with Crippen molar-refractivity contribution < 1.29 is 17.5 Å². The zero-order chi connectivity index (χ0) is 17.2. The van der Waals surface area contributed by atoms with Crippen molar-refractivity contribution in [3.05, 3.63) is 47.1 Å². The molecule has 6 nitrogen and oxygen atoms in total. The van der Waals surface area contributed by atoms with E-state index in [1.165, 1.54) is 18.2 Å². The Bertz CT molecular complexity index is 842. The Morgan fingerprint density at radius 1 is 1.21 bits per heavy atom. The molecule has 3 rings (SSSR count). The minimum absolute atomic E-state index is 0.0438. The van der Waals surface area contributed by atoms with Gasteiger partial charge < -0.3 is 9.64 Å². The van der Waals surface area contributed by atoms with Crippen LogP contribution < -0.4 is 4.90 Å². The van der Waals surface area contributed by atoms with Gasteiger partial charge in [-0.05, 0) is 23.7 Å². The maximum atomic E-state index is 13.8. The topological polar surface area (TPSA) is 72.4 Å². The van der Waals surface area contributed by atoms with E-state index in [0.29, 0.717) is 32.1 Å². The number of rotatable bonds is 4. The molecule has 0 amide bonds. The fourth-order valence-corrected chi connectivity index (χ4v) is 3.99. The van der Waals surface area contributed by atoms with E-state index in [2.05, 4.69) is 9.97 Å². The summed E-state index contributed by atoms with van der Waals surface area (Å²) in [6, 6.07) is 6.82. The number of halogens is 2. The van der Waals surface area contributed by atoms with Crippen molar-refractivity contribution in [3.63, 3.8) is 0 Å². The third-order valence-corrected chi connectivity index (χ3v) is 5.43. The monoisotopic (exact) mass is 371 g/mol. The number of sulfone groups is 1. The molecule has 0 bridgehead atoms. The summed E-state index contributed by atoms with van der Waals surface area (Å²) in [5.41, 5.74) is 0.222. The van der Waals surface area contributed by atoms with E-state index in [4.69, 9.17) is 16.3 Å². The molecule has 1 aliphatic heterocycles. The Labute approximate surface area is 144 Å². The molecular weight excluding hydrogens is 357 g/mol. The van der Waals surface area contributed by atoms with Crippen LogP contribution in [0.3, 0.4) is 0 Å². The number of aromatic nitrogens is 2. The molecule has 0 unspecified atom stereocenters. The highest BCUT2D eigenvalue weighted by Gasteiger charge is 2.22. The molecule has 128 valence electrons. The van der Waals surface area contributed by atoms with Crippen molar-refractivity contribution >= 4 is 27.3 Å². The van der Waals surface area contributed by atoms with Gasteiger partial charge in [0.25, 0.3) is 0 Å². The number of nitrogens with zero attached hydrogens (tertiary/aromatic N) is 3. The summed E-state index contributed by atoms with van der Waals surface area (Å²) in [6.07, 6.45) is 0. The van der Waals surface area contributed by atoms with Crippen molar-refractivity contribution in [1.29, 1.82) is 0 Å². The van der Waals surface area contributed by atoms with E-state index < -0.39 is 21.4 Å². The lowest BCUT2D eigenvalue weighted by Crippen LogP contribution is -2.36. The van der Waals surface area contributed by atoms with Gasteiger partial charge in [-0.3, -0.25) is 0 Å². The highest BCUT2D eigenvalue weighted by atomic mass is 35.5. The molecule has 1 aliphatic rings. The van der Waals surface area contributed by atoms with E-state index in [9.17, 15) is 12.8 Å². The number of hydrogen-bond donors (Lipinski definition) is 0. The van der Waals surface area contributed by atoms with Crippen molar-refractivity contribution in [2.24, 2.45) is 0 Å².